The Labute approximate surface area is 64.5 Å². The van der Waals surface area contributed by atoms with E-state index in [-0.39, 0.29) is 12.4 Å². The lowest BCUT2D eigenvalue weighted by atomic mass is 10.1. The lowest BCUT2D eigenvalue weighted by Crippen LogP contribution is -1.97. The minimum Gasteiger partial charge on any atom is -0.399 e. The van der Waals surface area contributed by atoms with Crippen molar-refractivity contribution >= 4 is 5.69 Å². The fraction of sp³-hybridized carbons (Fsp3) is 0.250. The minimum atomic E-state index is -0.317. The van der Waals surface area contributed by atoms with Crippen molar-refractivity contribution in [2.45, 2.75) is 6.42 Å². The number of aliphatic hydroxyl groups is 1. The lowest BCUT2D eigenvalue weighted by Gasteiger charge is -2.02. The molecule has 2 nitrogen and oxygen atoms in total. The number of hydrogen-bond donors (Lipinski definition) is 2. The van der Waals surface area contributed by atoms with E-state index in [1.54, 1.807) is 0 Å². The van der Waals surface area contributed by atoms with Gasteiger partial charge in [-0.15, -0.1) is 0 Å². The molecule has 0 aliphatic heterocycles. The van der Waals surface area contributed by atoms with Crippen molar-refractivity contribution in [1.29, 1.82) is 0 Å². The second kappa shape index (κ2) is 3.34. The summed E-state index contributed by atoms with van der Waals surface area (Å²) in [6.07, 6.45) is 0.406. The van der Waals surface area contributed by atoms with Gasteiger partial charge in [0, 0.05) is 12.3 Å². The van der Waals surface area contributed by atoms with Crippen LogP contribution >= 0.6 is 0 Å². The van der Waals surface area contributed by atoms with E-state index >= 15 is 0 Å². The molecule has 3 heteroatoms. The van der Waals surface area contributed by atoms with Crippen LogP contribution in [0.25, 0.3) is 0 Å². The number of nitrogens with two attached hydrogens (primary N) is 1. The minimum absolute atomic E-state index is 0.00630. The first-order valence-electron chi connectivity index (χ1n) is 3.39. The van der Waals surface area contributed by atoms with Crippen LogP contribution in [-0.2, 0) is 6.42 Å². The molecule has 0 heterocycles. The Hall–Kier alpha value is -1.09. The Morgan fingerprint density at radius 2 is 2.18 bits per heavy atom. The van der Waals surface area contributed by atoms with E-state index in [0.29, 0.717) is 17.7 Å². The third-order valence-corrected chi connectivity index (χ3v) is 1.49. The molecule has 0 radical (unpaired) electrons. The predicted octanol–water partition coefficient (Wildman–Crippen LogP) is 0.943. The fourth-order valence-electron chi connectivity index (χ4n) is 0.911. The van der Waals surface area contributed by atoms with Gasteiger partial charge in [0.25, 0.3) is 0 Å². The maximum Gasteiger partial charge on any atom is 0.123 e. The van der Waals surface area contributed by atoms with Gasteiger partial charge in [0.05, 0.1) is 0 Å². The highest BCUT2D eigenvalue weighted by Crippen LogP contribution is 2.13. The molecule has 0 unspecified atom stereocenters. The van der Waals surface area contributed by atoms with Gasteiger partial charge in [-0.05, 0) is 30.2 Å². The van der Waals surface area contributed by atoms with Crippen molar-refractivity contribution in [2.75, 3.05) is 12.3 Å². The molecule has 1 aromatic carbocycles. The topological polar surface area (TPSA) is 46.2 Å². The van der Waals surface area contributed by atoms with Gasteiger partial charge in [0.15, 0.2) is 0 Å². The van der Waals surface area contributed by atoms with Gasteiger partial charge in [-0.25, -0.2) is 4.39 Å². The first kappa shape index (κ1) is 8.01. The molecule has 0 saturated heterocycles. The molecule has 60 valence electrons. The maximum atomic E-state index is 12.5. The van der Waals surface area contributed by atoms with E-state index in [1.807, 2.05) is 0 Å². The van der Waals surface area contributed by atoms with Crippen LogP contribution in [-0.4, -0.2) is 11.7 Å². The van der Waals surface area contributed by atoms with Crippen molar-refractivity contribution in [3.63, 3.8) is 0 Å². The predicted molar refractivity (Wildman–Crippen MR) is 41.6 cm³/mol. The highest BCUT2D eigenvalue weighted by Gasteiger charge is 1.99. The summed E-state index contributed by atoms with van der Waals surface area (Å²) in [6.45, 7) is -0.00630. The molecule has 0 aliphatic rings. The number of nitrogen functional groups attached to an aromatic ring is 1. The molecule has 0 spiro atoms. The summed E-state index contributed by atoms with van der Waals surface area (Å²) >= 11 is 0. The van der Waals surface area contributed by atoms with Crippen LogP contribution in [0.3, 0.4) is 0 Å². The van der Waals surface area contributed by atoms with Crippen molar-refractivity contribution in [1.82, 2.24) is 0 Å². The lowest BCUT2D eigenvalue weighted by molar-refractivity contribution is 0.299. The van der Waals surface area contributed by atoms with Crippen LogP contribution in [0.15, 0.2) is 18.2 Å². The molecule has 0 fully saturated rings. The zero-order chi connectivity index (χ0) is 8.27. The molecule has 1 aromatic rings. The number of halogens is 1. The second-order valence-corrected chi connectivity index (χ2v) is 2.32. The van der Waals surface area contributed by atoms with E-state index < -0.39 is 0 Å². The summed E-state index contributed by atoms with van der Waals surface area (Å²) in [7, 11) is 0. The number of rotatable bonds is 2. The molecule has 0 aliphatic carbocycles. The third kappa shape index (κ3) is 1.91. The van der Waals surface area contributed by atoms with Gasteiger partial charge < -0.3 is 10.8 Å². The molecule has 0 atom stereocenters. The van der Waals surface area contributed by atoms with Gasteiger partial charge >= 0.3 is 0 Å². The van der Waals surface area contributed by atoms with Gasteiger partial charge in [-0.1, -0.05) is 0 Å². The maximum absolute atomic E-state index is 12.5. The van der Waals surface area contributed by atoms with Crippen molar-refractivity contribution in [2.24, 2.45) is 0 Å². The largest absolute Gasteiger partial charge is 0.399 e. The van der Waals surface area contributed by atoms with Gasteiger partial charge in [0.1, 0.15) is 5.82 Å². The molecule has 11 heavy (non-hydrogen) atoms. The highest BCUT2D eigenvalue weighted by molar-refractivity contribution is 5.46. The molecule has 0 saturated carbocycles. The molecular formula is C8H10FNO. The van der Waals surface area contributed by atoms with Crippen molar-refractivity contribution in [3.8, 4) is 0 Å². The fourth-order valence-corrected chi connectivity index (χ4v) is 0.911. The standard InChI is InChI=1S/C8H10FNO/c9-7-1-2-8(10)6(5-7)3-4-11/h1-2,5,11H,3-4,10H2. The molecule has 0 bridgehead atoms. The Morgan fingerprint density at radius 1 is 1.45 bits per heavy atom. The first-order valence-corrected chi connectivity index (χ1v) is 3.39. The average molecular weight is 155 g/mol. The SMILES string of the molecule is Nc1ccc(F)cc1CCO. The normalized spacial score (nSPS) is 10.0. The summed E-state index contributed by atoms with van der Waals surface area (Å²) in [6, 6.07) is 4.14. The van der Waals surface area contributed by atoms with Crippen LogP contribution in [0.5, 0.6) is 0 Å². The zero-order valence-corrected chi connectivity index (χ0v) is 6.05. The van der Waals surface area contributed by atoms with E-state index in [9.17, 15) is 4.39 Å². The summed E-state index contributed by atoms with van der Waals surface area (Å²) in [5.41, 5.74) is 6.69. The van der Waals surface area contributed by atoms with Crippen molar-refractivity contribution < 1.29 is 9.50 Å². The number of benzene rings is 1. The highest BCUT2D eigenvalue weighted by atomic mass is 19.1. The molecule has 3 N–H and O–H groups in total. The number of anilines is 1. The third-order valence-electron chi connectivity index (χ3n) is 1.49. The molecule has 0 amide bonds. The molecular weight excluding hydrogens is 145 g/mol. The summed E-state index contributed by atoms with van der Waals surface area (Å²) < 4.78 is 12.5. The monoisotopic (exact) mass is 155 g/mol. The van der Waals surface area contributed by atoms with Crippen LogP contribution in [0.1, 0.15) is 5.56 Å². The summed E-state index contributed by atoms with van der Waals surface area (Å²) in [4.78, 5) is 0. The van der Waals surface area contributed by atoms with E-state index in [1.165, 1.54) is 18.2 Å². The second-order valence-electron chi connectivity index (χ2n) is 2.32. The Bertz CT molecular complexity index is 250. The summed E-state index contributed by atoms with van der Waals surface area (Å²) in [5.74, 6) is -0.317. The van der Waals surface area contributed by atoms with Gasteiger partial charge in [0.2, 0.25) is 0 Å². The Morgan fingerprint density at radius 3 is 2.82 bits per heavy atom. The van der Waals surface area contributed by atoms with Crippen LogP contribution in [0, 0.1) is 5.82 Å². The molecule has 0 aromatic heterocycles. The van der Waals surface area contributed by atoms with E-state index in [2.05, 4.69) is 0 Å². The van der Waals surface area contributed by atoms with Gasteiger partial charge in [-0.2, -0.15) is 0 Å². The van der Waals surface area contributed by atoms with E-state index in [0.717, 1.165) is 0 Å². The Kier molecular flexibility index (Phi) is 2.44. The van der Waals surface area contributed by atoms with Crippen molar-refractivity contribution in [3.05, 3.63) is 29.6 Å². The molecule has 1 rings (SSSR count). The Balaban J connectivity index is 2.93. The first-order chi connectivity index (χ1) is 5.24. The summed E-state index contributed by atoms with van der Waals surface area (Å²) in [5, 5.41) is 8.56. The van der Waals surface area contributed by atoms with Gasteiger partial charge in [-0.3, -0.25) is 0 Å². The average Bonchev–Trinajstić information content (AvgIpc) is 1.98. The van der Waals surface area contributed by atoms with Crippen LogP contribution in [0.2, 0.25) is 0 Å². The van der Waals surface area contributed by atoms with Crippen LogP contribution < -0.4 is 5.73 Å². The quantitative estimate of drug-likeness (QED) is 0.624. The van der Waals surface area contributed by atoms with Crippen LogP contribution in [0.4, 0.5) is 10.1 Å². The zero-order valence-electron chi connectivity index (χ0n) is 6.05. The number of aliphatic hydroxyl groups excluding tert-OH is 1. The smallest absolute Gasteiger partial charge is 0.123 e. The number of hydrogen-bond acceptors (Lipinski definition) is 2. The van der Waals surface area contributed by atoms with E-state index in [4.69, 9.17) is 10.8 Å².